The average molecular weight is 538 g/mol. The van der Waals surface area contributed by atoms with Gasteiger partial charge in [-0.2, -0.15) is 4.98 Å². The molecular formula is C27H35N7O5. The lowest BCUT2D eigenvalue weighted by atomic mass is 10.1. The van der Waals surface area contributed by atoms with Crippen molar-refractivity contribution in [3.8, 4) is 5.75 Å². The zero-order chi connectivity index (χ0) is 27.5. The van der Waals surface area contributed by atoms with Gasteiger partial charge in [0, 0.05) is 44.6 Å². The van der Waals surface area contributed by atoms with Crippen LogP contribution in [0.5, 0.6) is 5.75 Å². The molecule has 12 heteroatoms. The number of anilines is 4. The van der Waals surface area contributed by atoms with Crippen LogP contribution in [0.3, 0.4) is 0 Å². The van der Waals surface area contributed by atoms with Crippen LogP contribution >= 0.6 is 0 Å². The number of aromatic nitrogens is 2. The first-order chi connectivity index (χ1) is 18.9. The van der Waals surface area contributed by atoms with E-state index >= 15 is 0 Å². The van der Waals surface area contributed by atoms with Crippen LogP contribution in [-0.2, 0) is 9.59 Å². The first kappa shape index (κ1) is 26.8. The number of aliphatic hydroxyl groups excluding tert-OH is 1. The molecule has 0 unspecified atom stereocenters. The van der Waals surface area contributed by atoms with E-state index in [-0.39, 0.29) is 42.9 Å². The largest absolute Gasteiger partial charge is 0.489 e. The van der Waals surface area contributed by atoms with E-state index in [1.807, 2.05) is 6.92 Å². The number of carbonyl (C=O) groups excluding carboxylic acids is 3. The molecule has 1 aromatic carbocycles. The molecule has 5 rings (SSSR count). The molecule has 2 aromatic rings. The molecule has 0 radical (unpaired) electrons. The number of benzene rings is 1. The topological polar surface area (TPSA) is 140 Å². The predicted octanol–water partition coefficient (Wildman–Crippen LogP) is 2.01. The molecule has 2 aliphatic heterocycles. The number of hydrazine groups is 1. The highest BCUT2D eigenvalue weighted by Crippen LogP contribution is 2.39. The van der Waals surface area contributed by atoms with Crippen LogP contribution in [-0.4, -0.2) is 83.1 Å². The van der Waals surface area contributed by atoms with Gasteiger partial charge < -0.3 is 25.0 Å². The Kier molecular flexibility index (Phi) is 7.94. The average Bonchev–Trinajstić information content (AvgIpc) is 3.47. The van der Waals surface area contributed by atoms with Gasteiger partial charge in [-0.3, -0.25) is 19.8 Å². The number of fused-ring (bicyclic) bond motifs is 1. The molecule has 1 atom stereocenters. The number of rotatable bonds is 8. The summed E-state index contributed by atoms with van der Waals surface area (Å²) in [5, 5.41) is 14.3. The number of likely N-dealkylation sites (N-methyl/N-ethyl adjacent to an activating group) is 1. The fourth-order valence-electron chi connectivity index (χ4n) is 5.46. The van der Waals surface area contributed by atoms with Gasteiger partial charge >= 0.3 is 0 Å². The number of ether oxygens (including phenoxy) is 1. The molecule has 0 bridgehead atoms. The van der Waals surface area contributed by atoms with Crippen LogP contribution < -0.4 is 25.3 Å². The minimum atomic E-state index is -0.326. The SMILES string of the molecule is C[C@@H]1C(=O)N(C)c2cnc(Nc3ccc(C(=O)NN4CCC(=O)CC4)cc3OCCO)nc2N1C1CCCC1. The van der Waals surface area contributed by atoms with Crippen LogP contribution in [0.1, 0.15) is 55.8 Å². The van der Waals surface area contributed by atoms with E-state index in [0.29, 0.717) is 60.4 Å². The third kappa shape index (κ3) is 5.66. The van der Waals surface area contributed by atoms with Crippen molar-refractivity contribution in [1.82, 2.24) is 20.4 Å². The number of piperidine rings is 1. The number of aliphatic hydroxyl groups is 1. The standard InChI is InChI=1S/C27H35N7O5/c1-17-26(38)32(2)22-16-28-27(30-24(22)34(17)19-5-3-4-6-19)29-21-8-7-18(15-23(21)39-14-13-35)25(37)31-33-11-9-20(36)10-12-33/h7-8,15-17,19,35H,3-6,9-14H2,1-2H3,(H,31,37)(H,28,29,30)/t17-/m1/s1. The van der Waals surface area contributed by atoms with Crippen LogP contribution in [0.25, 0.3) is 0 Å². The van der Waals surface area contributed by atoms with Crippen molar-refractivity contribution < 1.29 is 24.2 Å². The van der Waals surface area contributed by atoms with Crippen molar-refractivity contribution in [2.75, 3.05) is 48.5 Å². The van der Waals surface area contributed by atoms with Gasteiger partial charge in [0.15, 0.2) is 5.82 Å². The molecule has 1 aliphatic carbocycles. The maximum Gasteiger partial charge on any atom is 0.265 e. The molecule has 2 amide bonds. The predicted molar refractivity (Wildman–Crippen MR) is 145 cm³/mol. The van der Waals surface area contributed by atoms with Gasteiger partial charge in [-0.1, -0.05) is 12.8 Å². The third-order valence-corrected chi connectivity index (χ3v) is 7.60. The molecule has 3 N–H and O–H groups in total. The summed E-state index contributed by atoms with van der Waals surface area (Å²) in [6.07, 6.45) is 6.77. The van der Waals surface area contributed by atoms with Gasteiger partial charge in [0.05, 0.1) is 18.5 Å². The Morgan fingerprint density at radius 2 is 1.92 bits per heavy atom. The molecule has 12 nitrogen and oxygen atoms in total. The van der Waals surface area contributed by atoms with Gasteiger partial charge in [0.2, 0.25) is 11.9 Å². The number of hydrogen-bond acceptors (Lipinski definition) is 10. The Morgan fingerprint density at radius 3 is 2.64 bits per heavy atom. The number of amides is 2. The summed E-state index contributed by atoms with van der Waals surface area (Å²) in [6, 6.07) is 4.89. The molecule has 1 saturated carbocycles. The van der Waals surface area contributed by atoms with E-state index in [1.165, 1.54) is 0 Å². The Balaban J connectivity index is 1.39. The number of Topliss-reactive ketones (excluding diaryl/α,β-unsaturated/α-hetero) is 1. The second kappa shape index (κ2) is 11.5. The second-order valence-corrected chi connectivity index (χ2v) is 10.2. The summed E-state index contributed by atoms with van der Waals surface area (Å²) in [4.78, 5) is 50.3. The molecule has 1 aromatic heterocycles. The maximum atomic E-state index is 12.9. The van der Waals surface area contributed by atoms with E-state index in [1.54, 1.807) is 41.4 Å². The summed E-state index contributed by atoms with van der Waals surface area (Å²) >= 11 is 0. The molecule has 1 saturated heterocycles. The summed E-state index contributed by atoms with van der Waals surface area (Å²) in [7, 11) is 1.74. The minimum Gasteiger partial charge on any atom is -0.489 e. The van der Waals surface area contributed by atoms with Crippen LogP contribution in [0.15, 0.2) is 24.4 Å². The Morgan fingerprint density at radius 1 is 1.18 bits per heavy atom. The Hall–Kier alpha value is -3.77. The fourth-order valence-corrected chi connectivity index (χ4v) is 5.46. The zero-order valence-corrected chi connectivity index (χ0v) is 22.4. The summed E-state index contributed by atoms with van der Waals surface area (Å²) in [6.45, 7) is 2.72. The first-order valence-electron chi connectivity index (χ1n) is 13.5. The summed E-state index contributed by atoms with van der Waals surface area (Å²) in [5.41, 5.74) is 4.41. The highest BCUT2D eigenvalue weighted by Gasteiger charge is 2.39. The Labute approximate surface area is 227 Å². The normalized spacial score (nSPS) is 20.2. The highest BCUT2D eigenvalue weighted by molar-refractivity contribution is 6.04. The third-order valence-electron chi connectivity index (χ3n) is 7.60. The molecule has 3 heterocycles. The lowest BCUT2D eigenvalue weighted by Crippen LogP contribution is -2.54. The molecular weight excluding hydrogens is 502 g/mol. The lowest BCUT2D eigenvalue weighted by molar-refractivity contribution is -0.122. The number of hydrogen-bond donors (Lipinski definition) is 3. The number of carbonyl (C=O) groups is 3. The van der Waals surface area contributed by atoms with Gasteiger partial charge in [-0.25, -0.2) is 9.99 Å². The second-order valence-electron chi connectivity index (χ2n) is 10.2. The quantitative estimate of drug-likeness (QED) is 0.458. The van der Waals surface area contributed by atoms with E-state index in [9.17, 15) is 19.5 Å². The lowest BCUT2D eigenvalue weighted by Gasteiger charge is -2.42. The highest BCUT2D eigenvalue weighted by atomic mass is 16.5. The van der Waals surface area contributed by atoms with Crippen LogP contribution in [0.2, 0.25) is 0 Å². The van der Waals surface area contributed by atoms with Gasteiger partial charge in [0.1, 0.15) is 29.9 Å². The minimum absolute atomic E-state index is 0.0171. The van der Waals surface area contributed by atoms with E-state index in [0.717, 1.165) is 25.7 Å². The van der Waals surface area contributed by atoms with Crippen molar-refractivity contribution in [3.05, 3.63) is 30.0 Å². The number of ketones is 1. The van der Waals surface area contributed by atoms with Crippen molar-refractivity contribution in [2.45, 2.75) is 57.5 Å². The maximum absolute atomic E-state index is 12.9. The monoisotopic (exact) mass is 537 g/mol. The zero-order valence-electron chi connectivity index (χ0n) is 22.4. The van der Waals surface area contributed by atoms with Crippen LogP contribution in [0, 0.1) is 0 Å². The Bertz CT molecular complexity index is 1240. The molecule has 208 valence electrons. The van der Waals surface area contributed by atoms with Crippen molar-refractivity contribution in [1.29, 1.82) is 0 Å². The molecule has 0 spiro atoms. The van der Waals surface area contributed by atoms with Gasteiger partial charge in [-0.05, 0) is 38.0 Å². The van der Waals surface area contributed by atoms with Crippen molar-refractivity contribution in [2.24, 2.45) is 0 Å². The summed E-state index contributed by atoms with van der Waals surface area (Å²) < 4.78 is 5.75. The molecule has 3 aliphatic rings. The fraction of sp³-hybridized carbons (Fsp3) is 0.519. The van der Waals surface area contributed by atoms with Gasteiger partial charge in [-0.15, -0.1) is 0 Å². The number of nitrogens with one attached hydrogen (secondary N) is 2. The molecule has 39 heavy (non-hydrogen) atoms. The van der Waals surface area contributed by atoms with Crippen LogP contribution in [0.4, 0.5) is 23.1 Å². The first-order valence-corrected chi connectivity index (χ1v) is 13.5. The van der Waals surface area contributed by atoms with Crippen molar-refractivity contribution >= 4 is 40.7 Å². The van der Waals surface area contributed by atoms with E-state index in [2.05, 4.69) is 20.6 Å². The summed E-state index contributed by atoms with van der Waals surface area (Å²) in [5.74, 6) is 1.30. The van der Waals surface area contributed by atoms with Crippen molar-refractivity contribution in [3.63, 3.8) is 0 Å². The molecule has 2 fully saturated rings. The van der Waals surface area contributed by atoms with Gasteiger partial charge in [0.25, 0.3) is 5.91 Å². The number of nitrogens with zero attached hydrogens (tertiary/aromatic N) is 5. The van der Waals surface area contributed by atoms with E-state index in [4.69, 9.17) is 9.72 Å². The smallest absolute Gasteiger partial charge is 0.265 e. The van der Waals surface area contributed by atoms with E-state index < -0.39 is 0 Å².